The number of anilines is 1. The lowest BCUT2D eigenvalue weighted by Gasteiger charge is -2.22. The van der Waals surface area contributed by atoms with Crippen molar-refractivity contribution >= 4 is 34.4 Å². The van der Waals surface area contributed by atoms with Gasteiger partial charge in [0.05, 0.1) is 6.61 Å². The minimum atomic E-state index is 0.0346. The third kappa shape index (κ3) is 3.41. The number of rotatable bonds is 6. The second kappa shape index (κ2) is 7.41. The van der Waals surface area contributed by atoms with E-state index in [9.17, 15) is 5.11 Å². The van der Waals surface area contributed by atoms with Crippen molar-refractivity contribution < 1.29 is 5.11 Å². The van der Waals surface area contributed by atoms with E-state index in [0.717, 1.165) is 16.9 Å². The fraction of sp³-hybridized carbons (Fsp3) is 0.167. The van der Waals surface area contributed by atoms with E-state index in [2.05, 4.69) is 10.2 Å². The summed E-state index contributed by atoms with van der Waals surface area (Å²) in [6.07, 6.45) is 0. The van der Waals surface area contributed by atoms with Gasteiger partial charge in [-0.25, -0.2) is 0 Å². The first kappa shape index (κ1) is 17.0. The topological polar surface area (TPSA) is 66.5 Å². The molecule has 132 valence electrons. The first-order chi connectivity index (χ1) is 12.7. The molecule has 1 aromatic carbocycles. The highest BCUT2D eigenvalue weighted by molar-refractivity contribution is 7.08. The molecular weight excluding hydrogens is 370 g/mol. The van der Waals surface area contributed by atoms with Crippen LogP contribution in [0.25, 0.3) is 17.0 Å². The molecule has 0 amide bonds. The van der Waals surface area contributed by atoms with E-state index in [-0.39, 0.29) is 6.61 Å². The van der Waals surface area contributed by atoms with E-state index in [0.29, 0.717) is 29.6 Å². The number of hydrogen-bond donors (Lipinski definition) is 1. The molecule has 4 rings (SSSR count). The third-order valence-electron chi connectivity index (χ3n) is 4.01. The van der Waals surface area contributed by atoms with Crippen LogP contribution >= 0.6 is 22.9 Å². The van der Waals surface area contributed by atoms with Gasteiger partial charge in [0.1, 0.15) is 5.82 Å². The molecule has 0 saturated heterocycles. The summed E-state index contributed by atoms with van der Waals surface area (Å²) in [4.78, 5) is 2.01. The molecule has 0 radical (unpaired) electrons. The molecule has 0 saturated carbocycles. The number of aromatic nitrogens is 4. The maximum absolute atomic E-state index is 9.48. The highest BCUT2D eigenvalue weighted by atomic mass is 35.5. The molecule has 6 nitrogen and oxygen atoms in total. The molecule has 4 aromatic rings. The summed E-state index contributed by atoms with van der Waals surface area (Å²) in [5.41, 5.74) is 2.76. The van der Waals surface area contributed by atoms with Gasteiger partial charge < -0.3 is 10.0 Å². The standard InChI is InChI=1S/C18H16ClN5OS/c19-15-3-1-13(2-4-15)11-23(8-9-25)17-6-5-16-20-21-18(24(16)22-17)14-7-10-26-12-14/h1-7,10,12,25H,8-9,11H2. The minimum Gasteiger partial charge on any atom is -0.395 e. The van der Waals surface area contributed by atoms with Gasteiger partial charge in [-0.05, 0) is 41.3 Å². The number of nitrogens with zero attached hydrogens (tertiary/aromatic N) is 5. The molecule has 0 aliphatic carbocycles. The van der Waals surface area contributed by atoms with Gasteiger partial charge in [-0.3, -0.25) is 0 Å². The Morgan fingerprint density at radius 1 is 1.08 bits per heavy atom. The van der Waals surface area contributed by atoms with Gasteiger partial charge in [0.25, 0.3) is 0 Å². The number of benzene rings is 1. The van der Waals surface area contributed by atoms with Gasteiger partial charge in [-0.15, -0.1) is 15.3 Å². The van der Waals surface area contributed by atoms with Crippen molar-refractivity contribution in [2.24, 2.45) is 0 Å². The van der Waals surface area contributed by atoms with E-state index < -0.39 is 0 Å². The molecular formula is C18H16ClN5OS. The Labute approximate surface area is 159 Å². The first-order valence-corrected chi connectivity index (χ1v) is 9.42. The summed E-state index contributed by atoms with van der Waals surface area (Å²) in [5.74, 6) is 1.45. The second-order valence-electron chi connectivity index (χ2n) is 5.77. The summed E-state index contributed by atoms with van der Waals surface area (Å²) in [6.45, 7) is 1.12. The van der Waals surface area contributed by atoms with E-state index in [1.807, 2.05) is 58.1 Å². The lowest BCUT2D eigenvalue weighted by molar-refractivity contribution is 0.301. The monoisotopic (exact) mass is 385 g/mol. The largest absolute Gasteiger partial charge is 0.395 e. The Bertz CT molecular complexity index is 1000. The minimum absolute atomic E-state index is 0.0346. The highest BCUT2D eigenvalue weighted by Gasteiger charge is 2.14. The van der Waals surface area contributed by atoms with Crippen molar-refractivity contribution in [1.29, 1.82) is 0 Å². The highest BCUT2D eigenvalue weighted by Crippen LogP contribution is 2.22. The van der Waals surface area contributed by atoms with Gasteiger partial charge >= 0.3 is 0 Å². The smallest absolute Gasteiger partial charge is 0.186 e. The van der Waals surface area contributed by atoms with Crippen LogP contribution in [0.2, 0.25) is 5.02 Å². The number of thiophene rings is 1. The molecule has 0 spiro atoms. The van der Waals surface area contributed by atoms with Crippen LogP contribution in [0.5, 0.6) is 0 Å². The zero-order valence-electron chi connectivity index (χ0n) is 13.8. The van der Waals surface area contributed by atoms with Crippen LogP contribution in [0.1, 0.15) is 5.56 Å². The molecule has 0 fully saturated rings. The number of aliphatic hydroxyl groups is 1. The normalized spacial score (nSPS) is 11.2. The van der Waals surface area contributed by atoms with Crippen LogP contribution in [0.3, 0.4) is 0 Å². The summed E-state index contributed by atoms with van der Waals surface area (Å²) < 4.78 is 1.74. The number of halogens is 1. The summed E-state index contributed by atoms with van der Waals surface area (Å²) in [5, 5.41) is 27.3. The van der Waals surface area contributed by atoms with Crippen LogP contribution < -0.4 is 4.90 Å². The van der Waals surface area contributed by atoms with Gasteiger partial charge in [-0.2, -0.15) is 15.9 Å². The molecule has 0 bridgehead atoms. The van der Waals surface area contributed by atoms with Crippen molar-refractivity contribution in [3.05, 3.63) is 63.8 Å². The Morgan fingerprint density at radius 2 is 1.92 bits per heavy atom. The molecule has 3 aromatic heterocycles. The Balaban J connectivity index is 1.70. The van der Waals surface area contributed by atoms with Crippen molar-refractivity contribution in [2.45, 2.75) is 6.54 Å². The maximum Gasteiger partial charge on any atom is 0.186 e. The quantitative estimate of drug-likeness (QED) is 0.550. The average Bonchev–Trinajstić information content (AvgIpc) is 3.31. The predicted molar refractivity (Wildman–Crippen MR) is 104 cm³/mol. The number of aliphatic hydroxyl groups excluding tert-OH is 1. The molecule has 0 aliphatic heterocycles. The third-order valence-corrected chi connectivity index (χ3v) is 4.94. The Hall–Kier alpha value is -2.48. The molecule has 0 atom stereocenters. The van der Waals surface area contributed by atoms with Crippen molar-refractivity contribution in [1.82, 2.24) is 19.8 Å². The lowest BCUT2D eigenvalue weighted by atomic mass is 10.2. The molecule has 8 heteroatoms. The maximum atomic E-state index is 9.48. The molecule has 3 heterocycles. The van der Waals surface area contributed by atoms with Crippen molar-refractivity contribution in [3.8, 4) is 11.4 Å². The van der Waals surface area contributed by atoms with Crippen LogP contribution in [-0.2, 0) is 6.54 Å². The fourth-order valence-corrected chi connectivity index (χ4v) is 3.49. The summed E-state index contributed by atoms with van der Waals surface area (Å²) >= 11 is 7.57. The number of fused-ring (bicyclic) bond motifs is 1. The van der Waals surface area contributed by atoms with Crippen LogP contribution in [0.4, 0.5) is 5.82 Å². The van der Waals surface area contributed by atoms with Crippen molar-refractivity contribution in [2.75, 3.05) is 18.1 Å². The van der Waals surface area contributed by atoms with Crippen LogP contribution in [0.15, 0.2) is 53.2 Å². The first-order valence-electron chi connectivity index (χ1n) is 8.10. The average molecular weight is 386 g/mol. The van der Waals surface area contributed by atoms with Gasteiger partial charge in [0.15, 0.2) is 11.5 Å². The van der Waals surface area contributed by atoms with Gasteiger partial charge in [0, 0.05) is 29.1 Å². The summed E-state index contributed by atoms with van der Waals surface area (Å²) in [7, 11) is 0. The van der Waals surface area contributed by atoms with E-state index in [1.165, 1.54) is 0 Å². The molecule has 1 N–H and O–H groups in total. The van der Waals surface area contributed by atoms with E-state index in [4.69, 9.17) is 16.7 Å². The van der Waals surface area contributed by atoms with E-state index in [1.54, 1.807) is 15.9 Å². The lowest BCUT2D eigenvalue weighted by Crippen LogP contribution is -2.27. The van der Waals surface area contributed by atoms with Crippen LogP contribution in [-0.4, -0.2) is 38.1 Å². The zero-order chi connectivity index (χ0) is 17.9. The molecule has 0 aliphatic rings. The molecule has 0 unspecified atom stereocenters. The van der Waals surface area contributed by atoms with Gasteiger partial charge in [0.2, 0.25) is 0 Å². The van der Waals surface area contributed by atoms with Gasteiger partial charge in [-0.1, -0.05) is 23.7 Å². The zero-order valence-corrected chi connectivity index (χ0v) is 15.4. The fourth-order valence-electron chi connectivity index (χ4n) is 2.73. The Kier molecular flexibility index (Phi) is 4.83. The second-order valence-corrected chi connectivity index (χ2v) is 6.99. The van der Waals surface area contributed by atoms with Crippen LogP contribution in [0, 0.1) is 0 Å². The predicted octanol–water partition coefficient (Wildman–Crippen LogP) is 3.51. The number of hydrogen-bond acceptors (Lipinski definition) is 6. The molecule has 26 heavy (non-hydrogen) atoms. The van der Waals surface area contributed by atoms with E-state index >= 15 is 0 Å². The van der Waals surface area contributed by atoms with Crippen molar-refractivity contribution in [3.63, 3.8) is 0 Å². The summed E-state index contributed by atoms with van der Waals surface area (Å²) in [6, 6.07) is 13.4. The Morgan fingerprint density at radius 3 is 2.65 bits per heavy atom. The SMILES string of the molecule is OCCN(Cc1ccc(Cl)cc1)c1ccc2nnc(-c3ccsc3)n2n1.